The Morgan fingerprint density at radius 1 is 0.810 bits per heavy atom. The molecule has 2 rings (SSSR count). The van der Waals surface area contributed by atoms with E-state index in [1.54, 1.807) is 24.3 Å². The van der Waals surface area contributed by atoms with Crippen LogP contribution in [0.1, 0.15) is 40.0 Å². The molecule has 0 unspecified atom stereocenters. The highest BCUT2D eigenvalue weighted by molar-refractivity contribution is 5.79. The quantitative estimate of drug-likeness (QED) is 0.761. The van der Waals surface area contributed by atoms with E-state index in [4.69, 9.17) is 5.11 Å². The molecule has 114 valence electrons. The summed E-state index contributed by atoms with van der Waals surface area (Å²) in [6.07, 6.45) is 0.655. The van der Waals surface area contributed by atoms with Crippen molar-refractivity contribution in [2.24, 2.45) is 0 Å². The number of aromatic hydroxyl groups is 2. The molecule has 0 aliphatic carbocycles. The maximum Gasteiger partial charge on any atom is 0.153 e. The van der Waals surface area contributed by atoms with Crippen molar-refractivity contribution >= 4 is 6.29 Å². The molecule has 3 heteroatoms. The van der Waals surface area contributed by atoms with Crippen molar-refractivity contribution < 1.29 is 15.0 Å². The van der Waals surface area contributed by atoms with Crippen molar-refractivity contribution in [3.63, 3.8) is 0 Å². The van der Waals surface area contributed by atoms with Crippen LogP contribution in [0.4, 0.5) is 0 Å². The van der Waals surface area contributed by atoms with Gasteiger partial charge in [-0.05, 0) is 74.2 Å². The van der Waals surface area contributed by atoms with E-state index in [0.717, 1.165) is 16.7 Å². The van der Waals surface area contributed by atoms with Crippen molar-refractivity contribution in [3.8, 4) is 11.5 Å². The highest BCUT2D eigenvalue weighted by Crippen LogP contribution is 2.19. The van der Waals surface area contributed by atoms with Crippen LogP contribution in [0.5, 0.6) is 11.5 Å². The van der Waals surface area contributed by atoms with Crippen LogP contribution in [-0.4, -0.2) is 16.5 Å². The van der Waals surface area contributed by atoms with Crippen LogP contribution in [0, 0.1) is 27.7 Å². The predicted molar refractivity (Wildman–Crippen MR) is 87.3 cm³/mol. The summed E-state index contributed by atoms with van der Waals surface area (Å²) < 4.78 is 0. The summed E-state index contributed by atoms with van der Waals surface area (Å²) in [5, 5.41) is 18.1. The lowest BCUT2D eigenvalue weighted by molar-refractivity contribution is 0.112. The summed E-state index contributed by atoms with van der Waals surface area (Å²) in [7, 11) is 0. The number of hydrogen-bond donors (Lipinski definition) is 2. The summed E-state index contributed by atoms with van der Waals surface area (Å²) >= 11 is 0. The molecule has 3 nitrogen and oxygen atoms in total. The molecule has 2 aromatic carbocycles. The summed E-state index contributed by atoms with van der Waals surface area (Å²) in [5.41, 5.74) is 4.72. The molecule has 0 amide bonds. The Labute approximate surface area is 126 Å². The second-order valence-corrected chi connectivity index (χ2v) is 4.88. The molecule has 0 saturated heterocycles. The van der Waals surface area contributed by atoms with E-state index < -0.39 is 0 Å². The third-order valence-corrected chi connectivity index (χ3v) is 3.26. The van der Waals surface area contributed by atoms with Crippen molar-refractivity contribution in [1.29, 1.82) is 0 Å². The van der Waals surface area contributed by atoms with Gasteiger partial charge in [-0.2, -0.15) is 0 Å². The van der Waals surface area contributed by atoms with Gasteiger partial charge in [0, 0.05) is 0 Å². The zero-order valence-corrected chi connectivity index (χ0v) is 12.3. The first-order valence-corrected chi connectivity index (χ1v) is 6.36. The average Bonchev–Trinajstić information content (AvgIpc) is 2.39. The van der Waals surface area contributed by atoms with Crippen LogP contribution in [-0.2, 0) is 0 Å². The predicted octanol–water partition coefficient (Wildman–Crippen LogP) is 4.47. The standard InChI is InChI=1S/C9H10O2.C8H10O.CH4/c1-6-3-8(5-10)9(11)4-7(6)2;1-6-3-4-8(9)5-7(6)2;/h3-5,11H,1-2H3;3-5,9H,1-2H3;1H4. The number of phenols is 2. The maximum absolute atomic E-state index is 10.3. The van der Waals surface area contributed by atoms with Gasteiger partial charge in [-0.15, -0.1) is 0 Å². The second kappa shape index (κ2) is 8.10. The lowest BCUT2D eigenvalue weighted by Gasteiger charge is -2.02. The van der Waals surface area contributed by atoms with Crippen LogP contribution in [0.25, 0.3) is 0 Å². The number of carbonyl (C=O) groups is 1. The Balaban J connectivity index is 0.000000370. The van der Waals surface area contributed by atoms with Crippen molar-refractivity contribution in [2.75, 3.05) is 0 Å². The number of carbonyl (C=O) groups excluding carboxylic acids is 1. The van der Waals surface area contributed by atoms with Gasteiger partial charge in [0.25, 0.3) is 0 Å². The lowest BCUT2D eigenvalue weighted by atomic mass is 10.1. The molecule has 21 heavy (non-hydrogen) atoms. The van der Waals surface area contributed by atoms with E-state index >= 15 is 0 Å². The Morgan fingerprint density at radius 3 is 1.81 bits per heavy atom. The van der Waals surface area contributed by atoms with E-state index in [0.29, 0.717) is 17.6 Å². The molecule has 0 fully saturated rings. The van der Waals surface area contributed by atoms with E-state index in [1.807, 2.05) is 33.8 Å². The molecule has 0 spiro atoms. The van der Waals surface area contributed by atoms with E-state index in [2.05, 4.69) is 0 Å². The molecule has 0 atom stereocenters. The minimum absolute atomic E-state index is 0. The van der Waals surface area contributed by atoms with E-state index in [-0.39, 0.29) is 13.2 Å². The minimum Gasteiger partial charge on any atom is -0.508 e. The molecule has 2 aromatic rings. The molecule has 0 aromatic heterocycles. The van der Waals surface area contributed by atoms with Crippen LogP contribution >= 0.6 is 0 Å². The first-order valence-electron chi connectivity index (χ1n) is 6.36. The first kappa shape index (κ1) is 18.7. The van der Waals surface area contributed by atoms with Crippen LogP contribution in [0.3, 0.4) is 0 Å². The van der Waals surface area contributed by atoms with Crippen molar-refractivity contribution in [1.82, 2.24) is 0 Å². The molecule has 2 N–H and O–H groups in total. The zero-order valence-electron chi connectivity index (χ0n) is 12.3. The van der Waals surface area contributed by atoms with Gasteiger partial charge in [-0.3, -0.25) is 4.79 Å². The topological polar surface area (TPSA) is 57.5 Å². The van der Waals surface area contributed by atoms with Gasteiger partial charge in [0.1, 0.15) is 11.5 Å². The van der Waals surface area contributed by atoms with Gasteiger partial charge >= 0.3 is 0 Å². The fraction of sp³-hybridized carbons (Fsp3) is 0.278. The van der Waals surface area contributed by atoms with Crippen molar-refractivity contribution in [2.45, 2.75) is 35.1 Å². The first-order chi connectivity index (χ1) is 9.35. The number of hydrogen-bond acceptors (Lipinski definition) is 3. The molecule has 0 bridgehead atoms. The fourth-order valence-electron chi connectivity index (χ4n) is 1.64. The van der Waals surface area contributed by atoms with Gasteiger partial charge in [0.05, 0.1) is 5.56 Å². The molecular weight excluding hydrogens is 264 g/mol. The average molecular weight is 288 g/mol. The molecule has 0 radical (unpaired) electrons. The molecule has 0 aliphatic rings. The van der Waals surface area contributed by atoms with Crippen LogP contribution < -0.4 is 0 Å². The molecule has 0 saturated carbocycles. The Kier molecular flexibility index (Phi) is 7.22. The van der Waals surface area contributed by atoms with E-state index in [9.17, 15) is 9.90 Å². The fourth-order valence-corrected chi connectivity index (χ4v) is 1.64. The summed E-state index contributed by atoms with van der Waals surface area (Å²) in [6.45, 7) is 7.80. The number of rotatable bonds is 1. The maximum atomic E-state index is 10.3. The van der Waals surface area contributed by atoms with Gasteiger partial charge in [0.2, 0.25) is 0 Å². The number of aldehydes is 1. The Bertz CT molecular complexity index is 616. The number of benzene rings is 2. The largest absolute Gasteiger partial charge is 0.508 e. The van der Waals surface area contributed by atoms with Crippen molar-refractivity contribution in [3.05, 3.63) is 58.1 Å². The smallest absolute Gasteiger partial charge is 0.153 e. The highest BCUT2D eigenvalue weighted by atomic mass is 16.3. The summed E-state index contributed by atoms with van der Waals surface area (Å²) in [5.74, 6) is 0.404. The molecule has 0 aliphatic heterocycles. The van der Waals surface area contributed by atoms with E-state index in [1.165, 1.54) is 5.56 Å². The number of phenolic OH excluding ortho intramolecular Hbond substituents is 2. The molecular formula is C18H24O3. The Morgan fingerprint density at radius 2 is 1.33 bits per heavy atom. The second-order valence-electron chi connectivity index (χ2n) is 4.88. The number of aryl methyl sites for hydroxylation is 4. The normalized spacial score (nSPS) is 9.14. The lowest BCUT2D eigenvalue weighted by Crippen LogP contribution is -1.86. The molecule has 0 heterocycles. The van der Waals surface area contributed by atoms with Gasteiger partial charge in [-0.25, -0.2) is 0 Å². The van der Waals surface area contributed by atoms with Crippen LogP contribution in [0.2, 0.25) is 0 Å². The Hall–Kier alpha value is -2.29. The van der Waals surface area contributed by atoms with Gasteiger partial charge in [-0.1, -0.05) is 13.5 Å². The summed E-state index contributed by atoms with van der Waals surface area (Å²) in [4.78, 5) is 10.3. The van der Waals surface area contributed by atoms with Crippen LogP contribution in [0.15, 0.2) is 30.3 Å². The summed E-state index contributed by atoms with van der Waals surface area (Å²) in [6, 6.07) is 8.64. The highest BCUT2D eigenvalue weighted by Gasteiger charge is 2.01. The van der Waals surface area contributed by atoms with Gasteiger partial charge in [0.15, 0.2) is 6.29 Å². The third kappa shape index (κ3) is 5.30. The SMILES string of the molecule is C.Cc1cc(O)c(C=O)cc1C.Cc1ccc(O)cc1C. The third-order valence-electron chi connectivity index (χ3n) is 3.26. The minimum atomic E-state index is 0. The van der Waals surface area contributed by atoms with Gasteiger partial charge < -0.3 is 10.2 Å². The monoisotopic (exact) mass is 288 g/mol. The zero-order chi connectivity index (χ0) is 15.3.